The van der Waals surface area contributed by atoms with E-state index in [0.29, 0.717) is 11.4 Å². The lowest BCUT2D eigenvalue weighted by Crippen LogP contribution is -2.27. The van der Waals surface area contributed by atoms with Gasteiger partial charge in [0.2, 0.25) is 6.41 Å². The zero-order valence-electron chi connectivity index (χ0n) is 11.6. The molecule has 2 amide bonds. The van der Waals surface area contributed by atoms with E-state index in [1.165, 1.54) is 11.9 Å². The Morgan fingerprint density at radius 1 is 1.18 bits per heavy atom. The molecule has 7 heteroatoms. The van der Waals surface area contributed by atoms with Gasteiger partial charge in [0, 0.05) is 24.5 Å². The summed E-state index contributed by atoms with van der Waals surface area (Å²) >= 11 is 0. The van der Waals surface area contributed by atoms with Crippen LogP contribution in [0.2, 0.25) is 0 Å². The van der Waals surface area contributed by atoms with Crippen LogP contribution < -0.4 is 16.0 Å². The molecule has 5 nitrogen and oxygen atoms in total. The highest BCUT2D eigenvalue weighted by atomic mass is 19.2. The summed E-state index contributed by atoms with van der Waals surface area (Å²) in [6, 6.07) is 7.94. The zero-order chi connectivity index (χ0) is 16.3. The van der Waals surface area contributed by atoms with Crippen molar-refractivity contribution < 1.29 is 18.4 Å². The Morgan fingerprint density at radius 3 is 2.36 bits per heavy atom. The molecule has 0 aliphatic heterocycles. The second-order valence-electron chi connectivity index (χ2n) is 4.53. The number of rotatable bonds is 4. The number of hydrogen-bond donors (Lipinski definition) is 2. The standard InChI is InChI=1S/C15H13F2N3O2/c1-20(10-4-2-9(18)3-5-10)15(22)11-6-12(16)13(17)7-14(11)19-8-21/h2-8H,18H2,1H3,(H,19,21). The molecule has 0 unspecified atom stereocenters. The maximum Gasteiger partial charge on any atom is 0.260 e. The van der Waals surface area contributed by atoms with Crippen LogP contribution in [0.25, 0.3) is 0 Å². The quantitative estimate of drug-likeness (QED) is 0.672. The summed E-state index contributed by atoms with van der Waals surface area (Å²) in [7, 11) is 1.47. The van der Waals surface area contributed by atoms with Crippen molar-refractivity contribution in [2.24, 2.45) is 0 Å². The second-order valence-corrected chi connectivity index (χ2v) is 4.53. The van der Waals surface area contributed by atoms with E-state index in [-0.39, 0.29) is 17.7 Å². The number of hydrogen-bond acceptors (Lipinski definition) is 3. The smallest absolute Gasteiger partial charge is 0.260 e. The van der Waals surface area contributed by atoms with E-state index in [2.05, 4.69) is 5.32 Å². The summed E-state index contributed by atoms with van der Waals surface area (Å²) in [4.78, 5) is 24.2. The van der Waals surface area contributed by atoms with Gasteiger partial charge < -0.3 is 16.0 Å². The molecule has 114 valence electrons. The lowest BCUT2D eigenvalue weighted by molar-refractivity contribution is -0.105. The normalized spacial score (nSPS) is 10.1. The molecule has 2 aromatic carbocycles. The fourth-order valence-corrected chi connectivity index (χ4v) is 1.90. The molecule has 0 heterocycles. The third-order valence-electron chi connectivity index (χ3n) is 3.09. The van der Waals surface area contributed by atoms with Gasteiger partial charge in [-0.05, 0) is 30.3 Å². The van der Waals surface area contributed by atoms with Crippen molar-refractivity contribution in [2.75, 3.05) is 23.0 Å². The third-order valence-corrected chi connectivity index (χ3v) is 3.09. The molecule has 0 spiro atoms. The van der Waals surface area contributed by atoms with Gasteiger partial charge in [0.1, 0.15) is 0 Å². The fraction of sp³-hybridized carbons (Fsp3) is 0.0667. The Kier molecular flexibility index (Phi) is 4.36. The molecule has 2 rings (SSSR count). The minimum atomic E-state index is -1.18. The van der Waals surface area contributed by atoms with Crippen LogP contribution in [-0.4, -0.2) is 19.4 Å². The van der Waals surface area contributed by atoms with Crippen molar-refractivity contribution in [1.29, 1.82) is 0 Å². The van der Waals surface area contributed by atoms with E-state index in [1.54, 1.807) is 24.3 Å². The van der Waals surface area contributed by atoms with Crippen LogP contribution in [0.3, 0.4) is 0 Å². The molecule has 0 radical (unpaired) electrons. The lowest BCUT2D eigenvalue weighted by atomic mass is 10.1. The molecule has 0 aliphatic rings. The van der Waals surface area contributed by atoms with Crippen molar-refractivity contribution in [3.8, 4) is 0 Å². The minimum absolute atomic E-state index is 0.110. The Hall–Kier alpha value is -2.96. The average Bonchev–Trinajstić information content (AvgIpc) is 2.50. The third kappa shape index (κ3) is 3.03. The van der Waals surface area contributed by atoms with Crippen LogP contribution in [0.1, 0.15) is 10.4 Å². The predicted octanol–water partition coefficient (Wildman–Crippen LogP) is 2.39. The summed E-state index contributed by atoms with van der Waals surface area (Å²) in [6.07, 6.45) is 0.284. The van der Waals surface area contributed by atoms with Crippen molar-refractivity contribution >= 4 is 29.4 Å². The number of carbonyl (C=O) groups excluding carboxylic acids is 2. The molecule has 0 fully saturated rings. The zero-order valence-corrected chi connectivity index (χ0v) is 11.6. The molecule has 3 N–H and O–H groups in total. The van der Waals surface area contributed by atoms with Crippen molar-refractivity contribution in [2.45, 2.75) is 0 Å². The molecule has 0 saturated heterocycles. The van der Waals surface area contributed by atoms with E-state index in [9.17, 15) is 18.4 Å². The summed E-state index contributed by atoms with van der Waals surface area (Å²) in [5.74, 6) is -2.94. The van der Waals surface area contributed by atoms with Crippen molar-refractivity contribution in [1.82, 2.24) is 0 Å². The van der Waals surface area contributed by atoms with Gasteiger partial charge in [-0.3, -0.25) is 9.59 Å². The molecule has 0 aromatic heterocycles. The van der Waals surface area contributed by atoms with Crippen LogP contribution >= 0.6 is 0 Å². The van der Waals surface area contributed by atoms with Gasteiger partial charge in [0.25, 0.3) is 5.91 Å². The van der Waals surface area contributed by atoms with Crippen molar-refractivity contribution in [3.05, 3.63) is 53.6 Å². The van der Waals surface area contributed by atoms with Gasteiger partial charge in [0.05, 0.1) is 11.3 Å². The molecule has 22 heavy (non-hydrogen) atoms. The van der Waals surface area contributed by atoms with Gasteiger partial charge >= 0.3 is 0 Å². The SMILES string of the molecule is CN(C(=O)c1cc(F)c(F)cc1NC=O)c1ccc(N)cc1. The van der Waals surface area contributed by atoms with Crippen LogP contribution in [0.5, 0.6) is 0 Å². The molecular formula is C15H13F2N3O2. The predicted molar refractivity (Wildman–Crippen MR) is 79.6 cm³/mol. The fourth-order valence-electron chi connectivity index (χ4n) is 1.90. The molecule has 0 atom stereocenters. The summed E-state index contributed by atoms with van der Waals surface area (Å²) < 4.78 is 26.6. The number of benzene rings is 2. The summed E-state index contributed by atoms with van der Waals surface area (Å²) in [5, 5.41) is 2.19. The molecule has 0 bridgehead atoms. The number of carbonyl (C=O) groups is 2. The topological polar surface area (TPSA) is 75.4 Å². The van der Waals surface area contributed by atoms with E-state index in [0.717, 1.165) is 12.1 Å². The first kappa shape index (κ1) is 15.4. The van der Waals surface area contributed by atoms with Crippen LogP contribution in [0, 0.1) is 11.6 Å². The van der Waals surface area contributed by atoms with Gasteiger partial charge in [-0.25, -0.2) is 8.78 Å². The Morgan fingerprint density at radius 2 is 1.77 bits per heavy atom. The van der Waals surface area contributed by atoms with E-state index < -0.39 is 17.5 Å². The highest BCUT2D eigenvalue weighted by molar-refractivity contribution is 6.10. The van der Waals surface area contributed by atoms with Gasteiger partial charge in [-0.1, -0.05) is 0 Å². The van der Waals surface area contributed by atoms with E-state index in [4.69, 9.17) is 5.73 Å². The highest BCUT2D eigenvalue weighted by Crippen LogP contribution is 2.24. The molecule has 0 saturated carbocycles. The first-order valence-corrected chi connectivity index (χ1v) is 6.27. The number of halogens is 2. The number of nitrogen functional groups attached to an aromatic ring is 1. The van der Waals surface area contributed by atoms with Crippen LogP contribution in [0.15, 0.2) is 36.4 Å². The monoisotopic (exact) mass is 305 g/mol. The first-order valence-electron chi connectivity index (χ1n) is 6.27. The van der Waals surface area contributed by atoms with Crippen LogP contribution in [0.4, 0.5) is 25.8 Å². The molecule has 2 aromatic rings. The van der Waals surface area contributed by atoms with Gasteiger partial charge in [-0.2, -0.15) is 0 Å². The Balaban J connectivity index is 2.41. The average molecular weight is 305 g/mol. The summed E-state index contributed by atoms with van der Waals surface area (Å²) in [6.45, 7) is 0. The highest BCUT2D eigenvalue weighted by Gasteiger charge is 2.20. The molecule has 0 aliphatic carbocycles. The van der Waals surface area contributed by atoms with Crippen molar-refractivity contribution in [3.63, 3.8) is 0 Å². The minimum Gasteiger partial charge on any atom is -0.399 e. The number of amides is 2. The Labute approximate surface area is 125 Å². The number of nitrogens with two attached hydrogens (primary N) is 1. The van der Waals surface area contributed by atoms with Gasteiger partial charge in [0.15, 0.2) is 11.6 Å². The lowest BCUT2D eigenvalue weighted by Gasteiger charge is -2.19. The summed E-state index contributed by atoms with van der Waals surface area (Å²) in [5.41, 5.74) is 6.34. The molecular weight excluding hydrogens is 292 g/mol. The second kappa shape index (κ2) is 6.21. The number of nitrogens with one attached hydrogen (secondary N) is 1. The maximum atomic E-state index is 13.4. The van der Waals surface area contributed by atoms with E-state index >= 15 is 0 Å². The van der Waals surface area contributed by atoms with E-state index in [1.807, 2.05) is 0 Å². The number of anilines is 3. The largest absolute Gasteiger partial charge is 0.399 e. The maximum absolute atomic E-state index is 13.4. The number of nitrogens with zero attached hydrogens (tertiary/aromatic N) is 1. The van der Waals surface area contributed by atoms with Crippen LogP contribution in [-0.2, 0) is 4.79 Å². The first-order chi connectivity index (χ1) is 10.4. The van der Waals surface area contributed by atoms with Gasteiger partial charge in [-0.15, -0.1) is 0 Å². The Bertz CT molecular complexity index is 717.